The first-order valence-corrected chi connectivity index (χ1v) is 5.82. The van der Waals surface area contributed by atoms with Gasteiger partial charge >= 0.3 is 0 Å². The van der Waals surface area contributed by atoms with Crippen LogP contribution in [0.25, 0.3) is 0 Å². The van der Waals surface area contributed by atoms with E-state index in [1.165, 1.54) is 12.8 Å². The summed E-state index contributed by atoms with van der Waals surface area (Å²) in [5, 5.41) is 3.17. The van der Waals surface area contributed by atoms with Gasteiger partial charge in [0.05, 0.1) is 5.69 Å². The molecule has 0 aliphatic heterocycles. The Labute approximate surface area is 89.5 Å². The summed E-state index contributed by atoms with van der Waals surface area (Å²) in [7, 11) is 0. The molecule has 0 amide bonds. The zero-order valence-electron chi connectivity index (χ0n) is 9.25. The average molecular weight is 209 g/mol. The van der Waals surface area contributed by atoms with Gasteiger partial charge in [-0.3, -0.25) is 14.6 Å². The predicted octanol–water partition coefficient (Wildman–Crippen LogP) is 1.83. The maximum Gasteiger partial charge on any atom is 0.289 e. The summed E-state index contributed by atoms with van der Waals surface area (Å²) in [6, 6.07) is 0. The molecule has 4 heteroatoms. The Kier molecular flexibility index (Phi) is 2.84. The van der Waals surface area contributed by atoms with Crippen molar-refractivity contribution in [2.24, 2.45) is 0 Å². The molecule has 1 aromatic rings. The highest BCUT2D eigenvalue weighted by Crippen LogP contribution is 2.34. The highest BCUT2D eigenvalue weighted by molar-refractivity contribution is 5.43. The van der Waals surface area contributed by atoms with Crippen LogP contribution in [0.4, 0.5) is 5.69 Å². The number of nitrogens with one attached hydrogen (secondary N) is 1. The first-order valence-electron chi connectivity index (χ1n) is 5.82. The Morgan fingerprint density at radius 2 is 2.13 bits per heavy atom. The number of anilines is 1. The molecule has 1 heterocycles. The molecule has 84 valence electrons. The SMILES string of the molecule is CCCn1[nH]c(C2CCCC2)c(N)c1=O. The van der Waals surface area contributed by atoms with Gasteiger partial charge in [-0.2, -0.15) is 0 Å². The second-order valence-corrected chi connectivity index (χ2v) is 4.38. The quantitative estimate of drug-likeness (QED) is 0.797. The summed E-state index contributed by atoms with van der Waals surface area (Å²) in [4.78, 5) is 11.7. The van der Waals surface area contributed by atoms with Gasteiger partial charge in [0.25, 0.3) is 5.56 Å². The average Bonchev–Trinajstić information content (AvgIpc) is 2.82. The topological polar surface area (TPSA) is 63.8 Å². The number of hydrogen-bond donors (Lipinski definition) is 2. The lowest BCUT2D eigenvalue weighted by atomic mass is 10.0. The van der Waals surface area contributed by atoms with Crippen molar-refractivity contribution < 1.29 is 0 Å². The van der Waals surface area contributed by atoms with Crippen LogP contribution < -0.4 is 11.3 Å². The van der Waals surface area contributed by atoms with Gasteiger partial charge in [0.2, 0.25) is 0 Å². The van der Waals surface area contributed by atoms with Crippen LogP contribution in [0.2, 0.25) is 0 Å². The van der Waals surface area contributed by atoms with Gasteiger partial charge in [-0.15, -0.1) is 0 Å². The summed E-state index contributed by atoms with van der Waals surface area (Å²) < 4.78 is 1.64. The molecule has 1 aliphatic carbocycles. The highest BCUT2D eigenvalue weighted by Gasteiger charge is 2.23. The minimum atomic E-state index is -0.0428. The van der Waals surface area contributed by atoms with Crippen LogP contribution in [0.15, 0.2) is 4.79 Å². The highest BCUT2D eigenvalue weighted by atomic mass is 16.1. The fourth-order valence-electron chi connectivity index (χ4n) is 2.42. The van der Waals surface area contributed by atoms with E-state index in [9.17, 15) is 4.79 Å². The van der Waals surface area contributed by atoms with E-state index < -0.39 is 0 Å². The molecule has 1 aromatic heterocycles. The second kappa shape index (κ2) is 4.13. The van der Waals surface area contributed by atoms with Gasteiger partial charge in [0.1, 0.15) is 5.69 Å². The molecule has 0 unspecified atom stereocenters. The van der Waals surface area contributed by atoms with Crippen LogP contribution >= 0.6 is 0 Å². The normalized spacial score (nSPS) is 17.4. The minimum absolute atomic E-state index is 0.0428. The van der Waals surface area contributed by atoms with Gasteiger partial charge in [-0.25, -0.2) is 0 Å². The molecule has 0 saturated heterocycles. The van der Waals surface area contributed by atoms with Gasteiger partial charge < -0.3 is 5.73 Å². The smallest absolute Gasteiger partial charge is 0.289 e. The van der Waals surface area contributed by atoms with Crippen LogP contribution in [0.1, 0.15) is 50.6 Å². The van der Waals surface area contributed by atoms with E-state index in [4.69, 9.17) is 5.73 Å². The number of aromatic nitrogens is 2. The lowest BCUT2D eigenvalue weighted by Gasteiger charge is -2.06. The van der Waals surface area contributed by atoms with Crippen molar-refractivity contribution in [1.82, 2.24) is 9.78 Å². The lowest BCUT2D eigenvalue weighted by Crippen LogP contribution is -2.18. The standard InChI is InChI=1S/C11H19N3O/c1-2-7-14-11(15)9(12)10(13-14)8-5-3-4-6-8/h8,13H,2-7,12H2,1H3. The van der Waals surface area contributed by atoms with E-state index in [1.54, 1.807) is 4.68 Å². The fourth-order valence-corrected chi connectivity index (χ4v) is 2.42. The number of nitrogen functional groups attached to an aromatic ring is 1. The third kappa shape index (κ3) is 1.80. The van der Waals surface area contributed by atoms with Crippen molar-refractivity contribution >= 4 is 5.69 Å². The van der Waals surface area contributed by atoms with Crippen molar-refractivity contribution in [2.75, 3.05) is 5.73 Å². The molecular formula is C11H19N3O. The van der Waals surface area contributed by atoms with Crippen LogP contribution in [-0.2, 0) is 6.54 Å². The van der Waals surface area contributed by atoms with Crippen LogP contribution in [0.5, 0.6) is 0 Å². The molecule has 1 fully saturated rings. The molecular weight excluding hydrogens is 190 g/mol. The third-order valence-corrected chi connectivity index (χ3v) is 3.23. The molecule has 2 rings (SSSR count). The lowest BCUT2D eigenvalue weighted by molar-refractivity contribution is 0.564. The molecule has 15 heavy (non-hydrogen) atoms. The third-order valence-electron chi connectivity index (χ3n) is 3.23. The van der Waals surface area contributed by atoms with E-state index >= 15 is 0 Å². The summed E-state index contributed by atoms with van der Waals surface area (Å²) >= 11 is 0. The molecule has 1 saturated carbocycles. The van der Waals surface area contributed by atoms with E-state index in [0.717, 1.165) is 31.5 Å². The van der Waals surface area contributed by atoms with Gasteiger partial charge in [-0.05, 0) is 19.3 Å². The molecule has 0 spiro atoms. The number of aryl methyl sites for hydroxylation is 1. The van der Waals surface area contributed by atoms with E-state index in [-0.39, 0.29) is 5.56 Å². The summed E-state index contributed by atoms with van der Waals surface area (Å²) in [5.74, 6) is 0.482. The predicted molar refractivity (Wildman–Crippen MR) is 61.0 cm³/mol. The van der Waals surface area contributed by atoms with Crippen molar-refractivity contribution in [3.63, 3.8) is 0 Å². The van der Waals surface area contributed by atoms with Crippen LogP contribution in [0.3, 0.4) is 0 Å². The zero-order chi connectivity index (χ0) is 10.8. The Bertz CT molecular complexity index is 385. The molecule has 0 atom stereocenters. The number of nitrogens with zero attached hydrogens (tertiary/aromatic N) is 1. The number of H-pyrrole nitrogens is 1. The van der Waals surface area contributed by atoms with E-state index in [0.29, 0.717) is 11.6 Å². The Hall–Kier alpha value is -1.19. The maximum absolute atomic E-state index is 11.7. The Morgan fingerprint density at radius 3 is 2.73 bits per heavy atom. The van der Waals surface area contributed by atoms with Crippen molar-refractivity contribution in [2.45, 2.75) is 51.5 Å². The molecule has 4 nitrogen and oxygen atoms in total. The Morgan fingerprint density at radius 1 is 1.47 bits per heavy atom. The molecule has 0 bridgehead atoms. The van der Waals surface area contributed by atoms with E-state index in [1.807, 2.05) is 0 Å². The van der Waals surface area contributed by atoms with Crippen LogP contribution in [0, 0.1) is 0 Å². The fraction of sp³-hybridized carbons (Fsp3) is 0.727. The number of hydrogen-bond acceptors (Lipinski definition) is 2. The summed E-state index contributed by atoms with van der Waals surface area (Å²) in [6.45, 7) is 2.79. The number of aromatic amines is 1. The van der Waals surface area contributed by atoms with Crippen molar-refractivity contribution in [3.8, 4) is 0 Å². The number of nitrogens with two attached hydrogens (primary N) is 1. The van der Waals surface area contributed by atoms with Crippen molar-refractivity contribution in [1.29, 1.82) is 0 Å². The van der Waals surface area contributed by atoms with E-state index in [2.05, 4.69) is 12.0 Å². The zero-order valence-corrected chi connectivity index (χ0v) is 9.25. The first kappa shape index (κ1) is 10.3. The molecule has 0 aromatic carbocycles. The molecule has 0 radical (unpaired) electrons. The molecule has 3 N–H and O–H groups in total. The monoisotopic (exact) mass is 209 g/mol. The Balaban J connectivity index is 2.31. The van der Waals surface area contributed by atoms with Gasteiger partial charge in [0.15, 0.2) is 0 Å². The van der Waals surface area contributed by atoms with Crippen molar-refractivity contribution in [3.05, 3.63) is 16.0 Å². The minimum Gasteiger partial charge on any atom is -0.393 e. The summed E-state index contributed by atoms with van der Waals surface area (Å²) in [5.41, 5.74) is 7.22. The second-order valence-electron chi connectivity index (χ2n) is 4.38. The maximum atomic E-state index is 11.7. The van der Waals surface area contributed by atoms with Gasteiger partial charge in [-0.1, -0.05) is 19.8 Å². The summed E-state index contributed by atoms with van der Waals surface area (Å²) in [6.07, 6.45) is 5.78. The first-order chi connectivity index (χ1) is 7.24. The van der Waals surface area contributed by atoms with Crippen LogP contribution in [-0.4, -0.2) is 9.78 Å². The molecule has 1 aliphatic rings. The van der Waals surface area contributed by atoms with Gasteiger partial charge in [0, 0.05) is 12.5 Å². The number of rotatable bonds is 3. The largest absolute Gasteiger partial charge is 0.393 e.